The lowest BCUT2D eigenvalue weighted by atomic mass is 10.1. The van der Waals surface area contributed by atoms with Gasteiger partial charge in [-0.05, 0) is 6.42 Å². The molecule has 0 bridgehead atoms. The minimum absolute atomic E-state index is 0.00639. The molecule has 2 rings (SSSR count). The normalized spacial score (nSPS) is 33.4. The molecule has 0 aliphatic carbocycles. The fraction of sp³-hybridized carbons (Fsp3) is 0.556. The van der Waals surface area contributed by atoms with Crippen LogP contribution in [0.1, 0.15) is 6.42 Å². The van der Waals surface area contributed by atoms with E-state index in [1.165, 1.54) is 0 Å². The molecular weight excluding hydrogens is 168 g/mol. The molecule has 2 saturated heterocycles. The van der Waals surface area contributed by atoms with Gasteiger partial charge in [0.2, 0.25) is 0 Å². The molecule has 1 N–H and O–H groups in total. The van der Waals surface area contributed by atoms with Gasteiger partial charge in [0.1, 0.15) is 6.29 Å². The first-order valence-corrected chi connectivity index (χ1v) is 4.41. The number of carbonyl (C=O) groups is 2. The Bertz CT molecular complexity index is 275. The molecule has 0 aromatic rings. The van der Waals surface area contributed by atoms with Gasteiger partial charge in [0.15, 0.2) is 0 Å². The molecule has 0 saturated carbocycles. The van der Waals surface area contributed by atoms with E-state index in [-0.39, 0.29) is 18.0 Å². The van der Waals surface area contributed by atoms with Crippen LogP contribution in [-0.4, -0.2) is 36.3 Å². The average Bonchev–Trinajstić information content (AvgIpc) is 2.55. The number of aldehydes is 1. The predicted octanol–water partition coefficient (Wildman–Crippen LogP) is -0.481. The fourth-order valence-corrected chi connectivity index (χ4v) is 1.95. The van der Waals surface area contributed by atoms with E-state index >= 15 is 0 Å². The molecule has 2 fully saturated rings. The van der Waals surface area contributed by atoms with Crippen molar-refractivity contribution in [2.45, 2.75) is 12.6 Å². The first-order chi connectivity index (χ1) is 6.24. The van der Waals surface area contributed by atoms with Gasteiger partial charge in [0.25, 0.3) is 5.91 Å². The van der Waals surface area contributed by atoms with Crippen molar-refractivity contribution in [3.63, 3.8) is 0 Å². The summed E-state index contributed by atoms with van der Waals surface area (Å²) in [6.07, 6.45) is 1.61. The Morgan fingerprint density at radius 3 is 3.08 bits per heavy atom. The number of hydrogen-bond acceptors (Lipinski definition) is 3. The van der Waals surface area contributed by atoms with Crippen LogP contribution in [-0.2, 0) is 9.59 Å². The van der Waals surface area contributed by atoms with Gasteiger partial charge in [-0.25, -0.2) is 0 Å². The van der Waals surface area contributed by atoms with Gasteiger partial charge in [0.05, 0.1) is 12.1 Å². The van der Waals surface area contributed by atoms with Crippen LogP contribution >= 0.6 is 0 Å². The van der Waals surface area contributed by atoms with Crippen LogP contribution in [0.15, 0.2) is 12.2 Å². The van der Waals surface area contributed by atoms with Crippen molar-refractivity contribution in [2.75, 3.05) is 13.1 Å². The molecule has 4 nitrogen and oxygen atoms in total. The summed E-state index contributed by atoms with van der Waals surface area (Å²) in [7, 11) is 0. The number of nitrogens with one attached hydrogen (secondary N) is 1. The number of fused-ring (bicyclic) bond motifs is 1. The number of amides is 1. The minimum atomic E-state index is -0.0875. The molecule has 2 aliphatic heterocycles. The number of carbonyl (C=O) groups excluding carboxylic acids is 2. The molecule has 0 aromatic carbocycles. The van der Waals surface area contributed by atoms with Crippen LogP contribution in [0.2, 0.25) is 0 Å². The highest BCUT2D eigenvalue weighted by Crippen LogP contribution is 2.24. The molecule has 70 valence electrons. The molecule has 13 heavy (non-hydrogen) atoms. The molecule has 2 unspecified atom stereocenters. The van der Waals surface area contributed by atoms with Gasteiger partial charge < -0.3 is 9.69 Å². The zero-order valence-electron chi connectivity index (χ0n) is 7.32. The van der Waals surface area contributed by atoms with E-state index < -0.39 is 0 Å². The maximum absolute atomic E-state index is 11.5. The van der Waals surface area contributed by atoms with Crippen molar-refractivity contribution in [1.82, 2.24) is 10.2 Å². The second kappa shape index (κ2) is 2.96. The van der Waals surface area contributed by atoms with Crippen LogP contribution in [0.3, 0.4) is 0 Å². The quantitative estimate of drug-likeness (QED) is 0.438. The zero-order valence-corrected chi connectivity index (χ0v) is 7.32. The fourth-order valence-electron chi connectivity index (χ4n) is 1.95. The highest BCUT2D eigenvalue weighted by Gasteiger charge is 2.40. The van der Waals surface area contributed by atoms with E-state index in [0.29, 0.717) is 18.7 Å². The maximum Gasteiger partial charge on any atom is 0.251 e. The molecule has 2 atom stereocenters. The van der Waals surface area contributed by atoms with Gasteiger partial charge in [-0.3, -0.25) is 10.1 Å². The van der Waals surface area contributed by atoms with E-state index in [2.05, 4.69) is 11.9 Å². The summed E-state index contributed by atoms with van der Waals surface area (Å²) in [4.78, 5) is 23.9. The van der Waals surface area contributed by atoms with Gasteiger partial charge in [-0.15, -0.1) is 0 Å². The van der Waals surface area contributed by atoms with E-state index in [1.54, 1.807) is 4.90 Å². The molecular formula is C9H12N2O2. The van der Waals surface area contributed by atoms with Crippen LogP contribution in [0.4, 0.5) is 0 Å². The molecule has 0 spiro atoms. The Kier molecular flexibility index (Phi) is 1.92. The standard InChI is InChI=1S/C9H12N2O2/c1-6-4-10-8-7(5-12)2-3-11(8)9(6)13/h5,7-8,10H,1-4H2. The molecule has 2 aliphatic rings. The summed E-state index contributed by atoms with van der Waals surface area (Å²) in [5, 5.41) is 3.14. The summed E-state index contributed by atoms with van der Waals surface area (Å²) in [6.45, 7) is 4.83. The summed E-state index contributed by atoms with van der Waals surface area (Å²) < 4.78 is 0. The summed E-state index contributed by atoms with van der Waals surface area (Å²) in [6, 6.07) is 0. The largest absolute Gasteiger partial charge is 0.323 e. The van der Waals surface area contributed by atoms with Gasteiger partial charge in [-0.2, -0.15) is 0 Å². The predicted molar refractivity (Wildman–Crippen MR) is 46.8 cm³/mol. The SMILES string of the molecule is C=C1CNC2C(C=O)CCN2C1=O. The first-order valence-electron chi connectivity index (χ1n) is 4.41. The summed E-state index contributed by atoms with van der Waals surface area (Å²) >= 11 is 0. The van der Waals surface area contributed by atoms with Crippen molar-refractivity contribution in [2.24, 2.45) is 5.92 Å². The Morgan fingerprint density at radius 1 is 1.62 bits per heavy atom. The van der Waals surface area contributed by atoms with E-state index in [1.807, 2.05) is 0 Å². The lowest BCUT2D eigenvalue weighted by Crippen LogP contribution is -2.54. The zero-order chi connectivity index (χ0) is 9.42. The van der Waals surface area contributed by atoms with Crippen molar-refractivity contribution < 1.29 is 9.59 Å². The Balaban J connectivity index is 2.19. The molecule has 2 heterocycles. The third-order valence-electron chi connectivity index (χ3n) is 2.71. The maximum atomic E-state index is 11.5. The van der Waals surface area contributed by atoms with Gasteiger partial charge in [-0.1, -0.05) is 6.58 Å². The lowest BCUT2D eigenvalue weighted by molar-refractivity contribution is -0.131. The minimum Gasteiger partial charge on any atom is -0.323 e. The summed E-state index contributed by atoms with van der Waals surface area (Å²) in [5.74, 6) is -0.0508. The first kappa shape index (κ1) is 8.44. The number of rotatable bonds is 1. The van der Waals surface area contributed by atoms with Crippen LogP contribution in [0.5, 0.6) is 0 Å². The Hall–Kier alpha value is -1.16. The number of hydrogen-bond donors (Lipinski definition) is 1. The van der Waals surface area contributed by atoms with Crippen molar-refractivity contribution in [3.05, 3.63) is 12.2 Å². The van der Waals surface area contributed by atoms with Gasteiger partial charge in [0, 0.05) is 18.7 Å². The highest BCUT2D eigenvalue weighted by atomic mass is 16.2. The third kappa shape index (κ3) is 1.18. The van der Waals surface area contributed by atoms with E-state index in [0.717, 1.165) is 12.7 Å². The average molecular weight is 180 g/mol. The highest BCUT2D eigenvalue weighted by molar-refractivity contribution is 5.94. The topological polar surface area (TPSA) is 49.4 Å². The summed E-state index contributed by atoms with van der Waals surface area (Å²) in [5.41, 5.74) is 0.586. The van der Waals surface area contributed by atoms with Crippen LogP contribution < -0.4 is 5.32 Å². The molecule has 1 amide bonds. The van der Waals surface area contributed by atoms with Crippen LogP contribution in [0.25, 0.3) is 0 Å². The second-order valence-corrected chi connectivity index (χ2v) is 3.52. The Labute approximate surface area is 76.6 Å². The second-order valence-electron chi connectivity index (χ2n) is 3.52. The number of nitrogens with zero attached hydrogens (tertiary/aromatic N) is 1. The lowest BCUT2D eigenvalue weighted by Gasteiger charge is -2.32. The Morgan fingerprint density at radius 2 is 2.38 bits per heavy atom. The molecule has 0 aromatic heterocycles. The smallest absolute Gasteiger partial charge is 0.251 e. The van der Waals surface area contributed by atoms with Crippen molar-refractivity contribution >= 4 is 12.2 Å². The van der Waals surface area contributed by atoms with E-state index in [9.17, 15) is 9.59 Å². The van der Waals surface area contributed by atoms with Gasteiger partial charge >= 0.3 is 0 Å². The third-order valence-corrected chi connectivity index (χ3v) is 2.71. The monoisotopic (exact) mass is 180 g/mol. The van der Waals surface area contributed by atoms with Crippen LogP contribution in [0, 0.1) is 5.92 Å². The van der Waals surface area contributed by atoms with E-state index in [4.69, 9.17) is 0 Å². The van der Waals surface area contributed by atoms with Crippen molar-refractivity contribution in [3.8, 4) is 0 Å². The molecule has 0 radical (unpaired) electrons. The molecule has 4 heteroatoms. The van der Waals surface area contributed by atoms with Crippen molar-refractivity contribution in [1.29, 1.82) is 0 Å².